The Kier molecular flexibility index (Phi) is 5.01. The van der Waals surface area contributed by atoms with Gasteiger partial charge in [0, 0.05) is 19.2 Å². The highest BCUT2D eigenvalue weighted by Crippen LogP contribution is 2.28. The number of rotatable bonds is 5. The Labute approximate surface area is 123 Å². The lowest BCUT2D eigenvalue weighted by Gasteiger charge is -2.22. The molecule has 0 unspecified atom stereocenters. The standard InChI is InChI=1S/C15H21FN2O3/c1-21-13-7-11(6-12(16)8-13)9-17-14(19)18-10-15(20)4-2-3-5-15/h6-8,20H,2-5,9-10H2,1H3,(H2,17,18,19). The summed E-state index contributed by atoms with van der Waals surface area (Å²) in [4.78, 5) is 11.7. The largest absolute Gasteiger partial charge is 0.497 e. The van der Waals surface area contributed by atoms with Crippen molar-refractivity contribution in [2.75, 3.05) is 13.7 Å². The van der Waals surface area contributed by atoms with Crippen molar-refractivity contribution in [3.63, 3.8) is 0 Å². The fourth-order valence-electron chi connectivity index (χ4n) is 2.54. The highest BCUT2D eigenvalue weighted by Gasteiger charge is 2.31. The molecule has 0 saturated heterocycles. The molecule has 1 aromatic carbocycles. The normalized spacial score (nSPS) is 16.5. The summed E-state index contributed by atoms with van der Waals surface area (Å²) in [5, 5.41) is 15.4. The van der Waals surface area contributed by atoms with Crippen molar-refractivity contribution in [3.8, 4) is 5.75 Å². The molecule has 2 amide bonds. The third-order valence-corrected chi connectivity index (χ3v) is 3.73. The number of aliphatic hydroxyl groups is 1. The lowest BCUT2D eigenvalue weighted by molar-refractivity contribution is 0.0501. The number of amides is 2. The second-order valence-corrected chi connectivity index (χ2v) is 5.47. The Balaban J connectivity index is 1.79. The summed E-state index contributed by atoms with van der Waals surface area (Å²) in [6.45, 7) is 0.434. The zero-order valence-corrected chi connectivity index (χ0v) is 12.1. The Morgan fingerprint density at radius 3 is 2.71 bits per heavy atom. The molecule has 1 fully saturated rings. The van der Waals surface area contributed by atoms with E-state index in [9.17, 15) is 14.3 Å². The molecular weight excluding hydrogens is 275 g/mol. The first kappa shape index (κ1) is 15.6. The number of nitrogens with one attached hydrogen (secondary N) is 2. The topological polar surface area (TPSA) is 70.6 Å². The molecule has 3 N–H and O–H groups in total. The van der Waals surface area contributed by atoms with Crippen molar-refractivity contribution in [1.82, 2.24) is 10.6 Å². The lowest BCUT2D eigenvalue weighted by Crippen LogP contribution is -2.44. The minimum Gasteiger partial charge on any atom is -0.497 e. The second-order valence-electron chi connectivity index (χ2n) is 5.47. The summed E-state index contributed by atoms with van der Waals surface area (Å²) in [5.74, 6) is -0.000648. The summed E-state index contributed by atoms with van der Waals surface area (Å²) >= 11 is 0. The maximum Gasteiger partial charge on any atom is 0.315 e. The van der Waals surface area contributed by atoms with Crippen molar-refractivity contribution >= 4 is 6.03 Å². The molecule has 0 radical (unpaired) electrons. The summed E-state index contributed by atoms with van der Waals surface area (Å²) in [7, 11) is 1.46. The van der Waals surface area contributed by atoms with E-state index in [1.54, 1.807) is 6.07 Å². The van der Waals surface area contributed by atoms with Gasteiger partial charge in [-0.05, 0) is 30.5 Å². The first-order valence-electron chi connectivity index (χ1n) is 7.08. The number of methoxy groups -OCH3 is 1. The van der Waals surface area contributed by atoms with Gasteiger partial charge in [0.25, 0.3) is 0 Å². The Hall–Kier alpha value is -1.82. The SMILES string of the molecule is COc1cc(F)cc(CNC(=O)NCC2(O)CCCC2)c1. The van der Waals surface area contributed by atoms with Crippen LogP contribution in [-0.2, 0) is 6.54 Å². The molecule has 116 valence electrons. The maximum absolute atomic E-state index is 13.3. The number of hydrogen-bond donors (Lipinski definition) is 3. The van der Waals surface area contributed by atoms with Crippen molar-refractivity contribution in [2.45, 2.75) is 37.8 Å². The van der Waals surface area contributed by atoms with Gasteiger partial charge in [-0.1, -0.05) is 12.8 Å². The fourth-order valence-corrected chi connectivity index (χ4v) is 2.54. The molecule has 1 aliphatic rings. The molecule has 6 heteroatoms. The number of hydrogen-bond acceptors (Lipinski definition) is 3. The van der Waals surface area contributed by atoms with Crippen LogP contribution in [0.5, 0.6) is 5.75 Å². The average Bonchev–Trinajstić information content (AvgIpc) is 2.89. The fraction of sp³-hybridized carbons (Fsp3) is 0.533. The van der Waals surface area contributed by atoms with Crippen LogP contribution in [0, 0.1) is 5.82 Å². The van der Waals surface area contributed by atoms with Crippen LogP contribution in [0.2, 0.25) is 0 Å². The van der Waals surface area contributed by atoms with Crippen LogP contribution < -0.4 is 15.4 Å². The number of benzene rings is 1. The van der Waals surface area contributed by atoms with Crippen molar-refractivity contribution < 1.29 is 19.0 Å². The van der Waals surface area contributed by atoms with E-state index in [2.05, 4.69) is 10.6 Å². The Bertz CT molecular complexity index is 502. The molecule has 0 aliphatic heterocycles. The smallest absolute Gasteiger partial charge is 0.315 e. The van der Waals surface area contributed by atoms with Crippen LogP contribution in [-0.4, -0.2) is 30.4 Å². The average molecular weight is 296 g/mol. The van der Waals surface area contributed by atoms with Gasteiger partial charge in [-0.2, -0.15) is 0 Å². The maximum atomic E-state index is 13.3. The summed E-state index contributed by atoms with van der Waals surface area (Å²) in [5.41, 5.74) is -0.166. The zero-order chi connectivity index (χ0) is 15.3. The first-order valence-corrected chi connectivity index (χ1v) is 7.08. The Morgan fingerprint density at radius 2 is 2.05 bits per heavy atom. The predicted octanol–water partition coefficient (Wildman–Crippen LogP) is 1.94. The monoisotopic (exact) mass is 296 g/mol. The number of carbonyl (C=O) groups is 1. The number of ether oxygens (including phenoxy) is 1. The molecular formula is C15H21FN2O3. The van der Waals surface area contributed by atoms with Gasteiger partial charge in [-0.25, -0.2) is 9.18 Å². The van der Waals surface area contributed by atoms with E-state index in [4.69, 9.17) is 4.74 Å². The quantitative estimate of drug-likeness (QED) is 0.777. The second kappa shape index (κ2) is 6.76. The van der Waals surface area contributed by atoms with Gasteiger partial charge in [-0.3, -0.25) is 0 Å². The van der Waals surface area contributed by atoms with E-state index < -0.39 is 11.4 Å². The summed E-state index contributed by atoms with van der Waals surface area (Å²) in [6, 6.07) is 3.90. The minimum atomic E-state index is -0.778. The molecule has 2 rings (SSSR count). The van der Waals surface area contributed by atoms with E-state index in [0.717, 1.165) is 12.8 Å². The van der Waals surface area contributed by atoms with E-state index in [1.165, 1.54) is 19.2 Å². The highest BCUT2D eigenvalue weighted by molar-refractivity contribution is 5.73. The molecule has 5 nitrogen and oxygen atoms in total. The molecule has 1 aromatic rings. The van der Waals surface area contributed by atoms with E-state index >= 15 is 0 Å². The van der Waals surface area contributed by atoms with Gasteiger partial charge in [0.1, 0.15) is 11.6 Å². The Morgan fingerprint density at radius 1 is 1.33 bits per heavy atom. The van der Waals surface area contributed by atoms with Crippen LogP contribution in [0.1, 0.15) is 31.2 Å². The third kappa shape index (κ3) is 4.60. The number of halogens is 1. The van der Waals surface area contributed by atoms with Crippen molar-refractivity contribution in [3.05, 3.63) is 29.6 Å². The van der Waals surface area contributed by atoms with Crippen molar-refractivity contribution in [2.24, 2.45) is 0 Å². The van der Waals surface area contributed by atoms with Crippen LogP contribution in [0.3, 0.4) is 0 Å². The van der Waals surface area contributed by atoms with Gasteiger partial charge in [0.2, 0.25) is 0 Å². The van der Waals surface area contributed by atoms with Crippen LogP contribution in [0.15, 0.2) is 18.2 Å². The van der Waals surface area contributed by atoms with E-state index in [1.807, 2.05) is 0 Å². The number of carbonyl (C=O) groups excluding carboxylic acids is 1. The lowest BCUT2D eigenvalue weighted by atomic mass is 10.0. The summed E-state index contributed by atoms with van der Waals surface area (Å²) < 4.78 is 18.3. The van der Waals surface area contributed by atoms with Crippen LogP contribution in [0.25, 0.3) is 0 Å². The van der Waals surface area contributed by atoms with Crippen LogP contribution in [0.4, 0.5) is 9.18 Å². The zero-order valence-electron chi connectivity index (χ0n) is 12.1. The molecule has 0 heterocycles. The van der Waals surface area contributed by atoms with Gasteiger partial charge in [0.15, 0.2) is 0 Å². The highest BCUT2D eigenvalue weighted by atomic mass is 19.1. The molecule has 1 aliphatic carbocycles. The molecule has 1 saturated carbocycles. The van der Waals surface area contributed by atoms with E-state index in [-0.39, 0.29) is 19.1 Å². The number of urea groups is 1. The molecule has 0 spiro atoms. The van der Waals surface area contributed by atoms with Gasteiger partial charge >= 0.3 is 6.03 Å². The van der Waals surface area contributed by atoms with Crippen molar-refractivity contribution in [1.29, 1.82) is 0 Å². The molecule has 0 bridgehead atoms. The van der Waals surface area contributed by atoms with Gasteiger partial charge < -0.3 is 20.5 Å². The van der Waals surface area contributed by atoms with Gasteiger partial charge in [0.05, 0.1) is 12.7 Å². The first-order chi connectivity index (χ1) is 10.0. The summed E-state index contributed by atoms with van der Waals surface area (Å²) in [6.07, 6.45) is 3.41. The third-order valence-electron chi connectivity index (χ3n) is 3.73. The molecule has 0 atom stereocenters. The van der Waals surface area contributed by atoms with Gasteiger partial charge in [-0.15, -0.1) is 0 Å². The minimum absolute atomic E-state index is 0.193. The molecule has 0 aromatic heterocycles. The van der Waals surface area contributed by atoms with E-state index in [0.29, 0.717) is 24.2 Å². The van der Waals surface area contributed by atoms with Crippen LogP contribution >= 0.6 is 0 Å². The predicted molar refractivity (Wildman–Crippen MR) is 76.6 cm³/mol. The molecule has 21 heavy (non-hydrogen) atoms.